The Balaban J connectivity index is 2.04. The first-order valence-electron chi connectivity index (χ1n) is 7.28. The van der Waals surface area contributed by atoms with Crippen molar-refractivity contribution >= 4 is 0 Å². The molecular formula is C16H26N2. The molecule has 0 amide bonds. The number of aryl methyl sites for hydroxylation is 1. The molecule has 1 unspecified atom stereocenters. The number of benzene rings is 1. The Morgan fingerprint density at radius 3 is 2.39 bits per heavy atom. The molecule has 2 heteroatoms. The number of likely N-dealkylation sites (N-methyl/N-ethyl adjacent to an activating group) is 2. The van der Waals surface area contributed by atoms with Crippen molar-refractivity contribution in [2.24, 2.45) is 0 Å². The van der Waals surface area contributed by atoms with Gasteiger partial charge in [-0.3, -0.25) is 4.90 Å². The van der Waals surface area contributed by atoms with Crippen LogP contribution in [-0.2, 0) is 0 Å². The van der Waals surface area contributed by atoms with E-state index in [9.17, 15) is 0 Å². The van der Waals surface area contributed by atoms with Crippen LogP contribution in [0.15, 0.2) is 24.3 Å². The summed E-state index contributed by atoms with van der Waals surface area (Å²) >= 11 is 0. The molecule has 18 heavy (non-hydrogen) atoms. The normalized spacial score (nSPS) is 17.1. The summed E-state index contributed by atoms with van der Waals surface area (Å²) in [5.41, 5.74) is 2.75. The Morgan fingerprint density at radius 1 is 1.22 bits per heavy atom. The summed E-state index contributed by atoms with van der Waals surface area (Å²) in [5.74, 6) is 0. The second-order valence-electron chi connectivity index (χ2n) is 5.34. The van der Waals surface area contributed by atoms with Crippen LogP contribution < -0.4 is 5.32 Å². The van der Waals surface area contributed by atoms with Crippen molar-refractivity contribution in [3.8, 4) is 0 Å². The highest BCUT2D eigenvalue weighted by molar-refractivity contribution is 5.24. The van der Waals surface area contributed by atoms with Crippen molar-refractivity contribution in [3.63, 3.8) is 0 Å². The van der Waals surface area contributed by atoms with Crippen molar-refractivity contribution in [1.82, 2.24) is 10.2 Å². The van der Waals surface area contributed by atoms with Gasteiger partial charge in [-0.2, -0.15) is 0 Å². The Kier molecular flexibility index (Phi) is 4.79. The van der Waals surface area contributed by atoms with E-state index in [1.165, 1.54) is 30.5 Å². The lowest BCUT2D eigenvalue weighted by molar-refractivity contribution is 0.245. The van der Waals surface area contributed by atoms with Gasteiger partial charge in [0, 0.05) is 18.6 Å². The summed E-state index contributed by atoms with van der Waals surface area (Å²) in [4.78, 5) is 2.62. The lowest BCUT2D eigenvalue weighted by atomic mass is 10.0. The van der Waals surface area contributed by atoms with E-state index in [0.717, 1.165) is 19.1 Å². The molecule has 0 heterocycles. The van der Waals surface area contributed by atoms with Gasteiger partial charge in [0.25, 0.3) is 0 Å². The van der Waals surface area contributed by atoms with Gasteiger partial charge in [0.2, 0.25) is 0 Å². The van der Waals surface area contributed by atoms with Crippen LogP contribution in [0.3, 0.4) is 0 Å². The lowest BCUT2D eigenvalue weighted by Gasteiger charge is -2.27. The molecule has 1 aromatic carbocycles. The van der Waals surface area contributed by atoms with E-state index in [4.69, 9.17) is 0 Å². The molecule has 1 atom stereocenters. The molecular weight excluding hydrogens is 220 g/mol. The van der Waals surface area contributed by atoms with Gasteiger partial charge < -0.3 is 5.32 Å². The van der Waals surface area contributed by atoms with E-state index in [1.54, 1.807) is 0 Å². The summed E-state index contributed by atoms with van der Waals surface area (Å²) in [7, 11) is 0. The fraction of sp³-hybridized carbons (Fsp3) is 0.625. The minimum absolute atomic E-state index is 0.469. The topological polar surface area (TPSA) is 15.3 Å². The Labute approximate surface area is 111 Å². The van der Waals surface area contributed by atoms with Crippen molar-refractivity contribution in [2.45, 2.75) is 45.7 Å². The average Bonchev–Trinajstić information content (AvgIpc) is 3.20. The largest absolute Gasteiger partial charge is 0.309 e. The SMILES string of the molecule is CCNC(CN(CC)C1CC1)c1ccc(C)cc1. The summed E-state index contributed by atoms with van der Waals surface area (Å²) in [6, 6.07) is 10.3. The van der Waals surface area contributed by atoms with Crippen LogP contribution in [0.2, 0.25) is 0 Å². The summed E-state index contributed by atoms with van der Waals surface area (Å²) in [5, 5.41) is 3.62. The molecule has 0 spiro atoms. The van der Waals surface area contributed by atoms with Crippen LogP contribution in [0, 0.1) is 6.92 Å². The van der Waals surface area contributed by atoms with E-state index in [1.807, 2.05) is 0 Å². The summed E-state index contributed by atoms with van der Waals surface area (Å²) in [6.45, 7) is 9.94. The monoisotopic (exact) mass is 246 g/mol. The van der Waals surface area contributed by atoms with Gasteiger partial charge in [-0.25, -0.2) is 0 Å². The molecule has 1 aliphatic carbocycles. The predicted octanol–water partition coefficient (Wildman–Crippen LogP) is 3.13. The molecule has 0 aliphatic heterocycles. The first-order valence-corrected chi connectivity index (χ1v) is 7.28. The lowest BCUT2D eigenvalue weighted by Crippen LogP contribution is -2.36. The zero-order chi connectivity index (χ0) is 13.0. The number of hydrogen-bond acceptors (Lipinski definition) is 2. The number of rotatable bonds is 7. The molecule has 1 aliphatic rings. The van der Waals surface area contributed by atoms with Crippen LogP contribution in [0.4, 0.5) is 0 Å². The zero-order valence-corrected chi connectivity index (χ0v) is 11.9. The van der Waals surface area contributed by atoms with Crippen molar-refractivity contribution in [3.05, 3.63) is 35.4 Å². The third-order valence-electron chi connectivity index (χ3n) is 3.82. The molecule has 2 nitrogen and oxygen atoms in total. The van der Waals surface area contributed by atoms with Gasteiger partial charge in [0.15, 0.2) is 0 Å². The number of nitrogens with zero attached hydrogens (tertiary/aromatic N) is 1. The average molecular weight is 246 g/mol. The maximum atomic E-state index is 3.62. The van der Waals surface area contributed by atoms with E-state index >= 15 is 0 Å². The molecule has 0 aromatic heterocycles. The molecule has 100 valence electrons. The Hall–Kier alpha value is -0.860. The van der Waals surface area contributed by atoms with Crippen molar-refractivity contribution in [1.29, 1.82) is 0 Å². The van der Waals surface area contributed by atoms with E-state index < -0.39 is 0 Å². The number of hydrogen-bond donors (Lipinski definition) is 1. The molecule has 2 rings (SSSR count). The van der Waals surface area contributed by atoms with Crippen LogP contribution in [0.25, 0.3) is 0 Å². The van der Waals surface area contributed by atoms with Gasteiger partial charge in [0.05, 0.1) is 0 Å². The van der Waals surface area contributed by atoms with Gasteiger partial charge in [-0.05, 0) is 38.4 Å². The van der Waals surface area contributed by atoms with Crippen molar-refractivity contribution in [2.75, 3.05) is 19.6 Å². The van der Waals surface area contributed by atoms with Crippen molar-refractivity contribution < 1.29 is 0 Å². The molecule has 0 bridgehead atoms. The Morgan fingerprint density at radius 2 is 1.89 bits per heavy atom. The van der Waals surface area contributed by atoms with Crippen LogP contribution in [0.1, 0.15) is 43.9 Å². The second kappa shape index (κ2) is 6.35. The standard InChI is InChI=1S/C16H26N2/c1-4-17-16(12-18(5-2)15-10-11-15)14-8-6-13(3)7-9-14/h6-9,15-17H,4-5,10-12H2,1-3H3. The van der Waals surface area contributed by atoms with E-state index in [-0.39, 0.29) is 0 Å². The molecule has 1 N–H and O–H groups in total. The van der Waals surface area contributed by atoms with Gasteiger partial charge in [-0.1, -0.05) is 43.7 Å². The zero-order valence-electron chi connectivity index (χ0n) is 11.9. The van der Waals surface area contributed by atoms with Gasteiger partial charge >= 0.3 is 0 Å². The molecule has 1 fully saturated rings. The van der Waals surface area contributed by atoms with E-state index in [2.05, 4.69) is 55.3 Å². The highest BCUT2D eigenvalue weighted by Gasteiger charge is 2.29. The van der Waals surface area contributed by atoms with Gasteiger partial charge in [0.1, 0.15) is 0 Å². The minimum Gasteiger partial charge on any atom is -0.309 e. The summed E-state index contributed by atoms with van der Waals surface area (Å²) in [6.07, 6.45) is 2.78. The summed E-state index contributed by atoms with van der Waals surface area (Å²) < 4.78 is 0. The van der Waals surface area contributed by atoms with Gasteiger partial charge in [-0.15, -0.1) is 0 Å². The Bertz CT molecular complexity index is 354. The molecule has 1 aromatic rings. The first-order chi connectivity index (χ1) is 8.74. The smallest absolute Gasteiger partial charge is 0.0449 e. The highest BCUT2D eigenvalue weighted by atomic mass is 15.2. The number of nitrogens with one attached hydrogen (secondary N) is 1. The quantitative estimate of drug-likeness (QED) is 0.795. The minimum atomic E-state index is 0.469. The van der Waals surface area contributed by atoms with Crippen LogP contribution in [-0.4, -0.2) is 30.6 Å². The fourth-order valence-corrected chi connectivity index (χ4v) is 2.54. The molecule has 0 radical (unpaired) electrons. The third-order valence-corrected chi connectivity index (χ3v) is 3.82. The maximum absolute atomic E-state index is 3.62. The highest BCUT2D eigenvalue weighted by Crippen LogP contribution is 2.28. The fourth-order valence-electron chi connectivity index (χ4n) is 2.54. The second-order valence-corrected chi connectivity index (χ2v) is 5.34. The first kappa shape index (κ1) is 13.6. The molecule has 1 saturated carbocycles. The third kappa shape index (κ3) is 3.56. The van der Waals surface area contributed by atoms with Crippen LogP contribution in [0.5, 0.6) is 0 Å². The predicted molar refractivity (Wildman–Crippen MR) is 77.9 cm³/mol. The molecule has 0 saturated heterocycles. The van der Waals surface area contributed by atoms with Crippen LogP contribution >= 0.6 is 0 Å². The maximum Gasteiger partial charge on any atom is 0.0449 e. The van der Waals surface area contributed by atoms with E-state index in [0.29, 0.717) is 6.04 Å².